The summed E-state index contributed by atoms with van der Waals surface area (Å²) in [7, 11) is 3.00. The van der Waals surface area contributed by atoms with Gasteiger partial charge in [0.2, 0.25) is 0 Å². The summed E-state index contributed by atoms with van der Waals surface area (Å²) >= 11 is 0. The second kappa shape index (κ2) is 8.19. The quantitative estimate of drug-likeness (QED) is 0.873. The molecule has 0 aliphatic rings. The monoisotopic (exact) mass is 332 g/mol. The summed E-state index contributed by atoms with van der Waals surface area (Å²) < 4.78 is 23.7. The fraction of sp³-hybridized carbons (Fsp3) is 0.278. The van der Waals surface area contributed by atoms with E-state index in [1.54, 1.807) is 48.4 Å². The maximum Gasteiger partial charge on any atom is 0.322 e. The van der Waals surface area contributed by atoms with Crippen molar-refractivity contribution in [1.29, 1.82) is 0 Å². The van der Waals surface area contributed by atoms with Crippen LogP contribution in [0.4, 0.5) is 14.9 Å². The number of ether oxygens (including phenoxy) is 2. The normalized spacial score (nSPS) is 10.2. The number of nitrogens with one attached hydrogen (secondary N) is 1. The molecule has 6 heteroatoms. The standard InChI is InChI=1S/C18H21FN2O3/c1-4-21(12-13-5-10-17(24-3)16(19)11-13)18(22)20-14-6-8-15(23-2)9-7-14/h5-11H,4,12H2,1-3H3,(H,20,22). The zero-order valence-corrected chi connectivity index (χ0v) is 14.0. The molecule has 0 spiro atoms. The molecule has 0 aliphatic carbocycles. The van der Waals surface area contributed by atoms with Crippen LogP contribution in [0.15, 0.2) is 42.5 Å². The van der Waals surface area contributed by atoms with Crippen molar-refractivity contribution >= 4 is 11.7 Å². The first-order chi connectivity index (χ1) is 11.6. The molecule has 128 valence electrons. The van der Waals surface area contributed by atoms with E-state index in [4.69, 9.17) is 9.47 Å². The predicted octanol–water partition coefficient (Wildman–Crippen LogP) is 3.90. The Morgan fingerprint density at radius 2 is 1.83 bits per heavy atom. The minimum atomic E-state index is -0.443. The summed E-state index contributed by atoms with van der Waals surface area (Å²) in [6.45, 7) is 2.67. The molecule has 0 atom stereocenters. The Balaban J connectivity index is 2.04. The van der Waals surface area contributed by atoms with Crippen LogP contribution in [-0.4, -0.2) is 31.7 Å². The third-order valence-corrected chi connectivity index (χ3v) is 3.60. The number of carbonyl (C=O) groups excluding carboxylic acids is 1. The summed E-state index contributed by atoms with van der Waals surface area (Å²) in [6, 6.07) is 11.5. The number of halogens is 1. The van der Waals surface area contributed by atoms with Gasteiger partial charge in [0, 0.05) is 18.8 Å². The highest BCUT2D eigenvalue weighted by Gasteiger charge is 2.13. The smallest absolute Gasteiger partial charge is 0.322 e. The van der Waals surface area contributed by atoms with Gasteiger partial charge in [-0.1, -0.05) is 6.07 Å². The molecule has 2 rings (SSSR count). The molecule has 0 aromatic heterocycles. The van der Waals surface area contributed by atoms with Crippen molar-refractivity contribution < 1.29 is 18.7 Å². The van der Waals surface area contributed by atoms with Gasteiger partial charge in [0.1, 0.15) is 5.75 Å². The number of benzene rings is 2. The van der Waals surface area contributed by atoms with Gasteiger partial charge in [-0.25, -0.2) is 9.18 Å². The van der Waals surface area contributed by atoms with Crippen LogP contribution in [-0.2, 0) is 6.54 Å². The molecule has 0 aliphatic heterocycles. The van der Waals surface area contributed by atoms with Gasteiger partial charge in [0.25, 0.3) is 0 Å². The average molecular weight is 332 g/mol. The molecule has 24 heavy (non-hydrogen) atoms. The second-order valence-electron chi connectivity index (χ2n) is 5.14. The van der Waals surface area contributed by atoms with Crippen molar-refractivity contribution in [3.8, 4) is 11.5 Å². The van der Waals surface area contributed by atoms with Crippen LogP contribution in [0.2, 0.25) is 0 Å². The van der Waals surface area contributed by atoms with E-state index < -0.39 is 5.82 Å². The zero-order valence-electron chi connectivity index (χ0n) is 14.0. The summed E-state index contributed by atoms with van der Waals surface area (Å²) in [5, 5.41) is 2.81. The number of hydrogen-bond donors (Lipinski definition) is 1. The van der Waals surface area contributed by atoms with E-state index in [-0.39, 0.29) is 11.8 Å². The number of amides is 2. The molecule has 0 saturated carbocycles. The zero-order chi connectivity index (χ0) is 17.5. The van der Waals surface area contributed by atoms with E-state index >= 15 is 0 Å². The number of rotatable bonds is 6. The van der Waals surface area contributed by atoms with Crippen LogP contribution in [0.1, 0.15) is 12.5 Å². The van der Waals surface area contributed by atoms with Crippen molar-refractivity contribution in [2.24, 2.45) is 0 Å². The maximum atomic E-state index is 13.8. The van der Waals surface area contributed by atoms with Gasteiger partial charge in [0.05, 0.1) is 14.2 Å². The van der Waals surface area contributed by atoms with Gasteiger partial charge < -0.3 is 19.7 Å². The van der Waals surface area contributed by atoms with Gasteiger partial charge in [-0.15, -0.1) is 0 Å². The molecule has 2 aromatic rings. The molecule has 5 nitrogen and oxygen atoms in total. The van der Waals surface area contributed by atoms with Gasteiger partial charge in [-0.05, 0) is 48.9 Å². The molecular weight excluding hydrogens is 311 g/mol. The lowest BCUT2D eigenvalue weighted by Gasteiger charge is -2.22. The maximum absolute atomic E-state index is 13.8. The third kappa shape index (κ3) is 4.38. The molecule has 0 unspecified atom stereocenters. The predicted molar refractivity (Wildman–Crippen MR) is 91.0 cm³/mol. The summed E-state index contributed by atoms with van der Waals surface area (Å²) in [6.07, 6.45) is 0. The highest BCUT2D eigenvalue weighted by Crippen LogP contribution is 2.19. The lowest BCUT2D eigenvalue weighted by molar-refractivity contribution is 0.212. The SMILES string of the molecule is CCN(Cc1ccc(OC)c(F)c1)C(=O)Nc1ccc(OC)cc1. The van der Waals surface area contributed by atoms with Crippen molar-refractivity contribution in [2.45, 2.75) is 13.5 Å². The lowest BCUT2D eigenvalue weighted by atomic mass is 10.2. The molecule has 1 N–H and O–H groups in total. The lowest BCUT2D eigenvalue weighted by Crippen LogP contribution is -2.34. The number of carbonyl (C=O) groups is 1. The van der Waals surface area contributed by atoms with Crippen LogP contribution < -0.4 is 14.8 Å². The first-order valence-corrected chi connectivity index (χ1v) is 7.59. The number of hydrogen-bond acceptors (Lipinski definition) is 3. The molecular formula is C18H21FN2O3. The van der Waals surface area contributed by atoms with E-state index in [1.807, 2.05) is 6.92 Å². The molecule has 0 saturated heterocycles. The van der Waals surface area contributed by atoms with Crippen molar-refractivity contribution in [2.75, 3.05) is 26.1 Å². The van der Waals surface area contributed by atoms with Gasteiger partial charge in [0.15, 0.2) is 11.6 Å². The molecule has 2 aromatic carbocycles. The van der Waals surface area contributed by atoms with Gasteiger partial charge in [-0.3, -0.25) is 0 Å². The van der Waals surface area contributed by atoms with Crippen molar-refractivity contribution in [3.63, 3.8) is 0 Å². The topological polar surface area (TPSA) is 50.8 Å². The Hall–Kier alpha value is -2.76. The van der Waals surface area contributed by atoms with E-state index in [0.717, 1.165) is 0 Å². The first kappa shape index (κ1) is 17.6. The summed E-state index contributed by atoms with van der Waals surface area (Å²) in [5.74, 6) is 0.458. The van der Waals surface area contributed by atoms with Crippen molar-refractivity contribution in [1.82, 2.24) is 4.90 Å². The van der Waals surface area contributed by atoms with Crippen LogP contribution >= 0.6 is 0 Å². The molecule has 0 bridgehead atoms. The van der Waals surface area contributed by atoms with Crippen LogP contribution in [0.5, 0.6) is 11.5 Å². The summed E-state index contributed by atoms with van der Waals surface area (Å²) in [4.78, 5) is 14.0. The number of methoxy groups -OCH3 is 2. The second-order valence-corrected chi connectivity index (χ2v) is 5.14. The fourth-order valence-electron chi connectivity index (χ4n) is 2.23. The van der Waals surface area contributed by atoms with Crippen LogP contribution in [0.25, 0.3) is 0 Å². The summed E-state index contributed by atoms with van der Waals surface area (Å²) in [5.41, 5.74) is 1.36. The highest BCUT2D eigenvalue weighted by molar-refractivity contribution is 5.89. The van der Waals surface area contributed by atoms with E-state index in [9.17, 15) is 9.18 Å². The van der Waals surface area contributed by atoms with E-state index in [2.05, 4.69) is 5.32 Å². The minimum Gasteiger partial charge on any atom is -0.497 e. The average Bonchev–Trinajstić information content (AvgIpc) is 2.60. The molecule has 2 amide bonds. The highest BCUT2D eigenvalue weighted by atomic mass is 19.1. The number of urea groups is 1. The largest absolute Gasteiger partial charge is 0.497 e. The Morgan fingerprint density at radius 3 is 2.38 bits per heavy atom. The Labute approximate surface area is 141 Å². The third-order valence-electron chi connectivity index (χ3n) is 3.60. The van der Waals surface area contributed by atoms with Crippen LogP contribution in [0, 0.1) is 5.82 Å². The van der Waals surface area contributed by atoms with E-state index in [1.165, 1.54) is 13.2 Å². The first-order valence-electron chi connectivity index (χ1n) is 7.59. The van der Waals surface area contributed by atoms with Crippen LogP contribution in [0.3, 0.4) is 0 Å². The van der Waals surface area contributed by atoms with E-state index in [0.29, 0.717) is 30.1 Å². The molecule has 0 fully saturated rings. The van der Waals surface area contributed by atoms with Gasteiger partial charge >= 0.3 is 6.03 Å². The number of anilines is 1. The molecule has 0 radical (unpaired) electrons. The Morgan fingerprint density at radius 1 is 1.12 bits per heavy atom. The fourth-order valence-corrected chi connectivity index (χ4v) is 2.23. The minimum absolute atomic E-state index is 0.185. The Kier molecular flexibility index (Phi) is 6.01. The van der Waals surface area contributed by atoms with Crippen molar-refractivity contribution in [3.05, 3.63) is 53.8 Å². The van der Waals surface area contributed by atoms with Gasteiger partial charge in [-0.2, -0.15) is 0 Å². The Bertz CT molecular complexity index is 689. The number of nitrogens with zero attached hydrogens (tertiary/aromatic N) is 1. The molecule has 0 heterocycles.